The molecule has 112 heavy (non-hydrogen) atoms. The van der Waals surface area contributed by atoms with Crippen LogP contribution >= 0.6 is 0 Å². The van der Waals surface area contributed by atoms with E-state index >= 15 is 0 Å². The molecule has 0 spiro atoms. The second-order valence-corrected chi connectivity index (χ2v) is 39.0. The second kappa shape index (κ2) is 25.2. The Labute approximate surface area is 664 Å². The molecule has 16 aromatic rings. The van der Waals surface area contributed by atoms with Crippen molar-refractivity contribution in [3.05, 3.63) is 298 Å². The van der Waals surface area contributed by atoms with Gasteiger partial charge in [-0.1, -0.05) is 270 Å². The van der Waals surface area contributed by atoms with Gasteiger partial charge >= 0.3 is 0 Å². The number of rotatable bonds is 7. The van der Waals surface area contributed by atoms with Gasteiger partial charge in [0.15, 0.2) is 0 Å². The average Bonchev–Trinajstić information content (AvgIpc) is 0.776. The van der Waals surface area contributed by atoms with E-state index in [1.165, 1.54) is 149 Å². The van der Waals surface area contributed by atoms with E-state index in [-0.39, 0.29) is 39.2 Å². The lowest BCUT2D eigenvalue weighted by molar-refractivity contribution is 0.589. The molecular weight excluding hydrogens is 1350 g/mol. The summed E-state index contributed by atoms with van der Waals surface area (Å²) in [6.45, 7) is 51.0. The highest BCUT2D eigenvalue weighted by atomic mass is 15.2. The summed E-state index contributed by atoms with van der Waals surface area (Å²) in [4.78, 5) is 5.30. The lowest BCUT2D eigenvalue weighted by Gasteiger charge is -2.44. The van der Waals surface area contributed by atoms with Crippen molar-refractivity contribution < 1.29 is 0 Å². The topological polar surface area (TPSA) is 21.3 Å². The lowest BCUT2D eigenvalue weighted by Crippen LogP contribution is -2.61. The number of hydrogen-bond donors (Lipinski definition) is 0. The molecule has 0 bridgehead atoms. The first-order valence-corrected chi connectivity index (χ1v) is 40.7. The molecule has 3 aromatic heterocycles. The van der Waals surface area contributed by atoms with Gasteiger partial charge in [0.1, 0.15) is 0 Å². The molecule has 5 heterocycles. The van der Waals surface area contributed by atoms with Crippen LogP contribution in [0.1, 0.15) is 180 Å². The van der Waals surface area contributed by atoms with E-state index in [1.807, 2.05) is 0 Å². The maximum Gasteiger partial charge on any atom is 0.252 e. The summed E-state index contributed by atoms with van der Waals surface area (Å²) < 4.78 is 7.73. The summed E-state index contributed by atoms with van der Waals surface area (Å²) in [6, 6.07) is 95.9. The lowest BCUT2D eigenvalue weighted by atomic mass is 9.33. The van der Waals surface area contributed by atoms with E-state index in [1.54, 1.807) is 0 Å². The minimum absolute atomic E-state index is 0.0183. The van der Waals surface area contributed by atoms with Crippen LogP contribution in [0.15, 0.2) is 243 Å². The van der Waals surface area contributed by atoms with Crippen LogP contribution in [0.2, 0.25) is 0 Å². The fourth-order valence-corrected chi connectivity index (χ4v) is 18.8. The number of benzene rings is 13. The van der Waals surface area contributed by atoms with Gasteiger partial charge in [-0.15, -0.1) is 0 Å². The smallest absolute Gasteiger partial charge is 0.252 e. The van der Waals surface area contributed by atoms with Gasteiger partial charge in [0.2, 0.25) is 0 Å². The number of aromatic nitrogens is 3. The van der Waals surface area contributed by atoms with Crippen molar-refractivity contribution in [3.63, 3.8) is 0 Å². The molecule has 0 atom stereocenters. The Hall–Kier alpha value is -11.1. The summed E-state index contributed by atoms with van der Waals surface area (Å²) in [5.41, 5.74) is 38.8. The summed E-state index contributed by atoms with van der Waals surface area (Å²) in [6.07, 6.45) is 0. The highest BCUT2D eigenvalue weighted by molar-refractivity contribution is 7.00. The van der Waals surface area contributed by atoms with Gasteiger partial charge in [-0.25, -0.2) is 0 Å². The molecule has 13 aromatic carbocycles. The van der Waals surface area contributed by atoms with Crippen LogP contribution in [0.25, 0.3) is 105 Å². The monoisotopic (exact) mass is 1460 g/mol. The Kier molecular flexibility index (Phi) is 16.3. The highest BCUT2D eigenvalue weighted by Gasteiger charge is 2.45. The molecule has 2 aliphatic heterocycles. The van der Waals surface area contributed by atoms with Crippen LogP contribution in [0.5, 0.6) is 0 Å². The van der Waals surface area contributed by atoms with Crippen molar-refractivity contribution in [1.29, 1.82) is 0 Å². The second-order valence-electron chi connectivity index (χ2n) is 39.0. The Morgan fingerprint density at radius 3 is 0.795 bits per heavy atom. The Balaban J connectivity index is 0.973. The predicted octanol–water partition coefficient (Wildman–Crippen LogP) is 27.4. The summed E-state index contributed by atoms with van der Waals surface area (Å²) >= 11 is 0. The number of para-hydroxylation sites is 2. The van der Waals surface area contributed by atoms with Gasteiger partial charge in [-0.2, -0.15) is 0 Å². The zero-order valence-electron chi connectivity index (χ0n) is 69.9. The Morgan fingerprint density at radius 1 is 0.223 bits per heavy atom. The third-order valence-corrected chi connectivity index (χ3v) is 25.0. The molecule has 0 saturated heterocycles. The van der Waals surface area contributed by atoms with Gasteiger partial charge in [0.05, 0.1) is 38.8 Å². The zero-order valence-corrected chi connectivity index (χ0v) is 69.9. The molecule has 0 saturated carbocycles. The molecule has 0 aliphatic carbocycles. The number of fused-ring (bicyclic) bond motifs is 13. The van der Waals surface area contributed by atoms with Crippen molar-refractivity contribution in [2.45, 2.75) is 185 Å². The molecule has 0 radical (unpaired) electrons. The standard InChI is InChI=1S/C106H106BN5/c1-63-51-73(105(17,18)19)52-64(2)98(63)67-31-39-75(40-32-67)108-94-59-77(110-90-55-69(101(5,6)7)35-45-82(90)83-46-36-70(56-91(83)110)102(8,9)10)43-49-86(94)107-87-50-44-78(111-92-57-71(103(11,12)13)37-47-84(92)85-48-38-72(58-93(85)111)104(14,15)16)60-95(87)109(76-41-33-68(34-42-76)99-65(3)53-74(54-66(99)4)106(20,21)22)97-62-79(61-96(108)100(97)107)112-88-29-25-23-27-80(88)81-28-24-26-30-89(81)112/h23-62H,1-22H3. The van der Waals surface area contributed by atoms with Gasteiger partial charge < -0.3 is 23.5 Å². The molecule has 0 N–H and O–H groups in total. The Morgan fingerprint density at radius 2 is 0.491 bits per heavy atom. The van der Waals surface area contributed by atoms with Gasteiger partial charge in [-0.3, -0.25) is 0 Å². The summed E-state index contributed by atoms with van der Waals surface area (Å²) in [5, 5.41) is 7.45. The number of nitrogens with zero attached hydrogens (tertiary/aromatic N) is 5. The Bertz CT molecular complexity index is 6020. The van der Waals surface area contributed by atoms with Crippen molar-refractivity contribution in [2.24, 2.45) is 0 Å². The minimum atomic E-state index is -0.217. The molecule has 18 rings (SSSR count). The highest BCUT2D eigenvalue weighted by Crippen LogP contribution is 2.51. The molecule has 558 valence electrons. The van der Waals surface area contributed by atoms with Gasteiger partial charge in [0.25, 0.3) is 6.71 Å². The van der Waals surface area contributed by atoms with E-state index in [0.717, 1.165) is 62.2 Å². The van der Waals surface area contributed by atoms with Crippen molar-refractivity contribution in [3.8, 4) is 39.3 Å². The van der Waals surface area contributed by atoms with Crippen LogP contribution in [-0.4, -0.2) is 20.4 Å². The van der Waals surface area contributed by atoms with E-state index in [0.29, 0.717) is 0 Å². The molecule has 0 fully saturated rings. The summed E-state index contributed by atoms with van der Waals surface area (Å²) in [5.74, 6) is 0. The fraction of sp³-hybridized carbons (Fsp3) is 0.264. The van der Waals surface area contributed by atoms with Gasteiger partial charge in [-0.05, 0) is 252 Å². The quantitative estimate of drug-likeness (QED) is 0.148. The first-order valence-electron chi connectivity index (χ1n) is 40.7. The molecule has 2 aliphatic rings. The van der Waals surface area contributed by atoms with E-state index in [2.05, 4.69) is 418 Å². The fourth-order valence-electron chi connectivity index (χ4n) is 18.8. The normalized spacial score (nSPS) is 13.6. The van der Waals surface area contributed by atoms with Crippen molar-refractivity contribution in [1.82, 2.24) is 13.7 Å². The van der Waals surface area contributed by atoms with E-state index in [4.69, 9.17) is 0 Å². The van der Waals surface area contributed by atoms with Crippen LogP contribution < -0.4 is 26.2 Å². The van der Waals surface area contributed by atoms with Gasteiger partial charge in [0, 0.05) is 77.8 Å². The zero-order chi connectivity index (χ0) is 78.7. The third-order valence-electron chi connectivity index (χ3n) is 25.0. The van der Waals surface area contributed by atoms with Crippen LogP contribution in [0.4, 0.5) is 34.1 Å². The van der Waals surface area contributed by atoms with Crippen molar-refractivity contribution >= 4 is 123 Å². The minimum Gasteiger partial charge on any atom is -0.311 e. The largest absolute Gasteiger partial charge is 0.311 e. The first-order chi connectivity index (χ1) is 53.0. The maximum absolute atomic E-state index is 2.65. The first kappa shape index (κ1) is 72.5. The maximum atomic E-state index is 2.65. The molecule has 0 unspecified atom stereocenters. The average molecular weight is 1460 g/mol. The molecule has 6 heteroatoms. The number of hydrogen-bond acceptors (Lipinski definition) is 2. The van der Waals surface area contributed by atoms with E-state index < -0.39 is 0 Å². The predicted molar refractivity (Wildman–Crippen MR) is 486 cm³/mol. The third kappa shape index (κ3) is 11.7. The summed E-state index contributed by atoms with van der Waals surface area (Å²) in [7, 11) is 0. The molecule has 5 nitrogen and oxygen atoms in total. The van der Waals surface area contributed by atoms with Crippen LogP contribution in [0.3, 0.4) is 0 Å². The molecule has 0 amide bonds. The number of aryl methyl sites for hydroxylation is 4. The van der Waals surface area contributed by atoms with Crippen LogP contribution in [-0.2, 0) is 32.5 Å². The molecular formula is C106H106BN5. The van der Waals surface area contributed by atoms with Crippen LogP contribution in [0, 0.1) is 27.7 Å². The van der Waals surface area contributed by atoms with E-state index in [9.17, 15) is 0 Å². The van der Waals surface area contributed by atoms with Crippen molar-refractivity contribution in [2.75, 3.05) is 9.80 Å². The number of anilines is 6. The SMILES string of the molecule is Cc1cc(C(C)(C)C)cc(C)c1-c1ccc(N2c3cc(-n4c5cc(C(C)(C)C)ccc5c5ccc(C(C)(C)C)cc54)ccc3B3c4ccc(-n5c6cc(C(C)(C)C)ccc6c6ccc(C(C)(C)C)cc65)cc4N(c4ccc(-c5c(C)cc(C(C)(C)C)cc5C)cc4)c4cc(-n5c6ccccc6c6ccccc65)cc2c43)cc1.